The molecule has 0 atom stereocenters. The summed E-state index contributed by atoms with van der Waals surface area (Å²) < 4.78 is 0. The van der Waals surface area contributed by atoms with Crippen molar-refractivity contribution < 1.29 is 25.8 Å². The van der Waals surface area contributed by atoms with Crippen LogP contribution in [0.2, 0.25) is 0 Å². The number of aryl methyl sites for hydroxylation is 2. The summed E-state index contributed by atoms with van der Waals surface area (Å²) in [6.45, 7) is 4.24. The molecule has 0 aliphatic carbocycles. The Morgan fingerprint density at radius 1 is 1.07 bits per heavy atom. The zero-order valence-corrected chi connectivity index (χ0v) is 13.7. The molecule has 0 nitrogen and oxygen atoms in total. The van der Waals surface area contributed by atoms with E-state index >= 15 is 0 Å². The van der Waals surface area contributed by atoms with E-state index in [1.54, 1.807) is 0 Å². The van der Waals surface area contributed by atoms with Gasteiger partial charge in [-0.25, -0.2) is 24.3 Å². The van der Waals surface area contributed by atoms with E-state index in [0.717, 1.165) is 0 Å². The maximum absolute atomic E-state index is 2.12. The van der Waals surface area contributed by atoms with Gasteiger partial charge < -0.3 is 14.9 Å². The zero-order valence-electron chi connectivity index (χ0n) is 10.1. The Bertz CT molecular complexity index is 257. The second-order valence-electron chi connectivity index (χ2n) is 2.85. The first-order chi connectivity index (χ1) is 5.80. The molecule has 0 N–H and O–H groups in total. The van der Waals surface area contributed by atoms with E-state index < -0.39 is 0 Å². The molecule has 0 fully saturated rings. The first-order valence-electron chi connectivity index (χ1n) is 4.16. The van der Waals surface area contributed by atoms with Crippen molar-refractivity contribution in [3.63, 3.8) is 0 Å². The minimum absolute atomic E-state index is 0. The third kappa shape index (κ3) is 8.56. The number of hydrogen-bond acceptors (Lipinski definition) is 0. The fourth-order valence-corrected chi connectivity index (χ4v) is 0.920. The van der Waals surface area contributed by atoms with E-state index in [2.05, 4.69) is 32.0 Å². The van der Waals surface area contributed by atoms with E-state index in [1.807, 2.05) is 30.3 Å². The average Bonchev–Trinajstić information content (AvgIpc) is 2.67. The minimum Gasteiger partial charge on any atom is -0.358 e. The van der Waals surface area contributed by atoms with Gasteiger partial charge in [0.2, 0.25) is 0 Å². The van der Waals surface area contributed by atoms with Crippen molar-refractivity contribution in [1.82, 2.24) is 0 Å². The molecule has 0 aromatic heterocycles. The molecule has 80 valence electrons. The van der Waals surface area contributed by atoms with Crippen LogP contribution in [0.25, 0.3) is 0 Å². The zero-order chi connectivity index (χ0) is 8.81. The van der Waals surface area contributed by atoms with Gasteiger partial charge in [0, 0.05) is 0 Å². The molecular weight excluding hydrogens is 347 g/mol. The number of hydrogen-bond donors (Lipinski definition) is 0. The van der Waals surface area contributed by atoms with Crippen LogP contribution in [-0.4, -0.2) is 0 Å². The van der Waals surface area contributed by atoms with Gasteiger partial charge in [-0.15, -0.1) is 0 Å². The monoisotopic (exact) mass is 368 g/mol. The summed E-state index contributed by atoms with van der Waals surface area (Å²) in [6, 6.07) is 16.3. The standard InChI is InChI=1S/C7H9.C5H5.2CH3.Hf/c1-6-4-3-5-7(6)2;1-2-4-5-3-1;;;/h3-5H,1-2H3;1-5H;2*1H3;/q4*-1;+4. The van der Waals surface area contributed by atoms with Crippen molar-refractivity contribution in [2.24, 2.45) is 0 Å². The van der Waals surface area contributed by atoms with Crippen molar-refractivity contribution in [2.75, 3.05) is 0 Å². The third-order valence-electron chi connectivity index (χ3n) is 1.87. The van der Waals surface area contributed by atoms with Gasteiger partial charge in [0.05, 0.1) is 0 Å². The Morgan fingerprint density at radius 3 is 1.73 bits per heavy atom. The molecule has 0 bridgehead atoms. The molecule has 0 aliphatic rings. The SMILES string of the molecule is Cc1ccc[c-]1C.[CH3-].[CH3-].[Hf+4].c1cc[cH-]c1. The van der Waals surface area contributed by atoms with Crippen LogP contribution in [0, 0.1) is 28.7 Å². The van der Waals surface area contributed by atoms with E-state index in [1.165, 1.54) is 11.1 Å². The molecular formula is C14H20Hf. The Balaban J connectivity index is -0.000000165. The molecule has 2 aromatic rings. The van der Waals surface area contributed by atoms with Gasteiger partial charge in [-0.05, 0) is 0 Å². The summed E-state index contributed by atoms with van der Waals surface area (Å²) in [4.78, 5) is 0. The van der Waals surface area contributed by atoms with Gasteiger partial charge in [0.1, 0.15) is 0 Å². The van der Waals surface area contributed by atoms with E-state index in [-0.39, 0.29) is 40.7 Å². The predicted octanol–water partition coefficient (Wildman–Crippen LogP) is 4.33. The average molecular weight is 367 g/mol. The minimum atomic E-state index is 0. The third-order valence-corrected chi connectivity index (χ3v) is 1.87. The Morgan fingerprint density at radius 2 is 1.60 bits per heavy atom. The summed E-state index contributed by atoms with van der Waals surface area (Å²) in [5.74, 6) is 0. The summed E-state index contributed by atoms with van der Waals surface area (Å²) in [5.41, 5.74) is 2.78. The second kappa shape index (κ2) is 11.6. The molecule has 0 spiro atoms. The van der Waals surface area contributed by atoms with Gasteiger partial charge >= 0.3 is 25.8 Å². The van der Waals surface area contributed by atoms with Crippen LogP contribution in [-0.2, 0) is 25.8 Å². The van der Waals surface area contributed by atoms with E-state index in [0.29, 0.717) is 0 Å². The Hall–Kier alpha value is -0.430. The largest absolute Gasteiger partial charge is 4.00 e. The molecule has 0 radical (unpaired) electrons. The number of rotatable bonds is 0. The fourth-order valence-electron chi connectivity index (χ4n) is 0.920. The smallest absolute Gasteiger partial charge is 0.358 e. The van der Waals surface area contributed by atoms with Gasteiger partial charge in [-0.1, -0.05) is 13.8 Å². The summed E-state index contributed by atoms with van der Waals surface area (Å²) in [5, 5.41) is 0. The van der Waals surface area contributed by atoms with Gasteiger partial charge in [-0.2, -0.15) is 35.4 Å². The van der Waals surface area contributed by atoms with Crippen LogP contribution in [0.5, 0.6) is 0 Å². The normalized spacial score (nSPS) is 7.07. The van der Waals surface area contributed by atoms with E-state index in [9.17, 15) is 0 Å². The topological polar surface area (TPSA) is 0 Å². The van der Waals surface area contributed by atoms with Gasteiger partial charge in [0.25, 0.3) is 0 Å². The van der Waals surface area contributed by atoms with Crippen LogP contribution >= 0.6 is 0 Å². The maximum Gasteiger partial charge on any atom is 4.00 e. The van der Waals surface area contributed by atoms with Crippen LogP contribution in [0.15, 0.2) is 48.5 Å². The summed E-state index contributed by atoms with van der Waals surface area (Å²) >= 11 is 0. The quantitative estimate of drug-likeness (QED) is 0.481. The molecule has 0 unspecified atom stereocenters. The molecule has 1 heteroatoms. The van der Waals surface area contributed by atoms with Crippen LogP contribution in [0.4, 0.5) is 0 Å². The van der Waals surface area contributed by atoms with Crippen molar-refractivity contribution in [1.29, 1.82) is 0 Å². The van der Waals surface area contributed by atoms with Crippen LogP contribution in [0.1, 0.15) is 11.1 Å². The molecule has 0 saturated heterocycles. The Kier molecular flexibility index (Phi) is 15.6. The van der Waals surface area contributed by atoms with Crippen molar-refractivity contribution in [3.05, 3.63) is 74.5 Å². The molecule has 2 aromatic carbocycles. The van der Waals surface area contributed by atoms with Gasteiger partial charge in [-0.3, -0.25) is 0 Å². The van der Waals surface area contributed by atoms with Crippen LogP contribution < -0.4 is 0 Å². The molecule has 2 rings (SSSR count). The molecule has 0 amide bonds. The molecule has 15 heavy (non-hydrogen) atoms. The van der Waals surface area contributed by atoms with Gasteiger partial charge in [0.15, 0.2) is 0 Å². The van der Waals surface area contributed by atoms with E-state index in [4.69, 9.17) is 0 Å². The van der Waals surface area contributed by atoms with Crippen LogP contribution in [0.3, 0.4) is 0 Å². The summed E-state index contributed by atoms with van der Waals surface area (Å²) in [7, 11) is 0. The summed E-state index contributed by atoms with van der Waals surface area (Å²) in [6.07, 6.45) is 0. The fraction of sp³-hybridized carbons (Fsp3) is 0.143. The predicted molar refractivity (Wildman–Crippen MR) is 66.4 cm³/mol. The van der Waals surface area contributed by atoms with Crippen molar-refractivity contribution >= 4 is 0 Å². The second-order valence-corrected chi connectivity index (χ2v) is 2.85. The first-order valence-corrected chi connectivity index (χ1v) is 4.16. The molecule has 0 saturated carbocycles. The van der Waals surface area contributed by atoms with Crippen molar-refractivity contribution in [3.8, 4) is 0 Å². The molecule has 0 aliphatic heterocycles. The Labute approximate surface area is 114 Å². The first kappa shape index (κ1) is 20.0. The molecule has 0 heterocycles. The maximum atomic E-state index is 2.12. The van der Waals surface area contributed by atoms with Crippen molar-refractivity contribution in [2.45, 2.75) is 13.8 Å².